The molecular formula is C68H78Br12O12. The van der Waals surface area contributed by atoms with Gasteiger partial charge in [-0.15, -0.1) is 0 Å². The Morgan fingerprint density at radius 2 is 0.326 bits per heavy atom. The zero-order chi connectivity index (χ0) is 66.0. The molecular weight excluding hydrogens is 1970 g/mol. The van der Waals surface area contributed by atoms with Crippen LogP contribution in [-0.2, 0) is 38.5 Å². The number of aryl methyl sites for hydroxylation is 2. The van der Waals surface area contributed by atoms with Gasteiger partial charge in [0.2, 0.25) is 0 Å². The standard InChI is InChI=1S/C68H78Br12O12/c1-3-46-34-60(84-19-7-72)48(36-59(46)83-18-6-71)30-50-38-64(88-23-11-76)52(40-63(50)87-22-10-75)32-54-42-68(92-27-15-80)56(44-67(54)91-26-14-79)33-55-43-65(89-24-12-77)53(41-66(55)90-25-13-78)31-51-39-61(85-20-8-73)49(37-62(51)86-21-9-74)29-47-35-57(81-16-4-69)45(2)28-58(47)82-17-5-70/h28,34-44H,3-27,29-33H2,1-2H3. The molecule has 24 heteroatoms. The third-order valence-electron chi connectivity index (χ3n) is 13.9. The van der Waals surface area contributed by atoms with E-state index in [0.29, 0.717) is 198 Å². The summed E-state index contributed by atoms with van der Waals surface area (Å²) < 4.78 is 78.4. The van der Waals surface area contributed by atoms with E-state index in [1.165, 1.54) is 0 Å². The van der Waals surface area contributed by atoms with Crippen molar-refractivity contribution in [2.45, 2.75) is 52.4 Å². The van der Waals surface area contributed by atoms with Crippen molar-refractivity contribution in [3.05, 3.63) is 140 Å². The van der Waals surface area contributed by atoms with E-state index in [1.54, 1.807) is 0 Å². The third-order valence-corrected chi connectivity index (χ3v) is 17.8. The van der Waals surface area contributed by atoms with Gasteiger partial charge in [-0.2, -0.15) is 0 Å². The summed E-state index contributed by atoms with van der Waals surface area (Å²) in [6, 6.07) is 25.2. The van der Waals surface area contributed by atoms with Crippen LogP contribution in [0.3, 0.4) is 0 Å². The molecule has 0 saturated carbocycles. The average Bonchev–Trinajstić information content (AvgIpc) is 0.842. The lowest BCUT2D eigenvalue weighted by Gasteiger charge is -2.22. The third kappa shape index (κ3) is 25.1. The normalized spacial score (nSPS) is 11.2. The molecule has 0 atom stereocenters. The highest BCUT2D eigenvalue weighted by atomic mass is 79.9. The SMILES string of the molecule is CCc1cc(OCCBr)c(Cc2cc(OCCBr)c(Cc3cc(OCCBr)c(Cc4cc(OCCBr)c(Cc5cc(OCCBr)c(Cc6cc(OCCBr)c(C)cc6OCCBr)cc5OCCBr)cc4OCCBr)cc3OCCBr)cc2OCCBr)cc1OCCBr. The van der Waals surface area contributed by atoms with Crippen LogP contribution in [0.1, 0.15) is 73.7 Å². The fraction of sp³-hybridized carbons (Fsp3) is 0.471. The van der Waals surface area contributed by atoms with Crippen LogP contribution >= 0.6 is 191 Å². The van der Waals surface area contributed by atoms with Crippen molar-refractivity contribution in [2.24, 2.45) is 0 Å². The first-order valence-electron chi connectivity index (χ1n) is 30.1. The van der Waals surface area contributed by atoms with E-state index in [2.05, 4.69) is 271 Å². The Hall–Kier alpha value is -1.32. The second-order valence-corrected chi connectivity index (χ2v) is 29.8. The highest BCUT2D eigenvalue weighted by Gasteiger charge is 2.25. The fourth-order valence-electron chi connectivity index (χ4n) is 10.0. The first-order chi connectivity index (χ1) is 45.0. The fourth-order valence-corrected chi connectivity index (χ4v) is 12.0. The average molecular weight is 2050 g/mol. The minimum absolute atomic E-state index is 0.422. The Bertz CT molecular complexity index is 3190. The minimum Gasteiger partial charge on any atom is -0.492 e. The molecule has 0 aromatic heterocycles. The summed E-state index contributed by atoms with van der Waals surface area (Å²) in [5, 5.41) is 7.85. The monoisotopic (exact) mass is 2030 g/mol. The van der Waals surface area contributed by atoms with Crippen molar-refractivity contribution in [2.75, 3.05) is 143 Å². The molecule has 6 aromatic rings. The summed E-state index contributed by atoms with van der Waals surface area (Å²) in [6.07, 6.45) is 3.11. The number of alkyl halides is 12. The molecule has 0 heterocycles. The lowest BCUT2D eigenvalue weighted by molar-refractivity contribution is 0.324. The van der Waals surface area contributed by atoms with Crippen molar-refractivity contribution in [3.8, 4) is 69.0 Å². The van der Waals surface area contributed by atoms with Gasteiger partial charge in [0.15, 0.2) is 0 Å². The van der Waals surface area contributed by atoms with E-state index in [4.69, 9.17) is 56.8 Å². The quantitative estimate of drug-likeness (QED) is 0.0339. The van der Waals surface area contributed by atoms with Gasteiger partial charge in [0.05, 0.1) is 79.3 Å². The van der Waals surface area contributed by atoms with Gasteiger partial charge in [0, 0.05) is 152 Å². The molecule has 0 N–H and O–H groups in total. The lowest BCUT2D eigenvalue weighted by Crippen LogP contribution is -2.10. The molecule has 0 amide bonds. The van der Waals surface area contributed by atoms with Crippen molar-refractivity contribution < 1.29 is 56.8 Å². The number of hydrogen-bond acceptors (Lipinski definition) is 12. The van der Waals surface area contributed by atoms with Crippen LogP contribution in [0.25, 0.3) is 0 Å². The Morgan fingerprint density at radius 3 is 0.489 bits per heavy atom. The van der Waals surface area contributed by atoms with Gasteiger partial charge < -0.3 is 56.8 Å². The molecule has 0 bridgehead atoms. The first-order valence-corrected chi connectivity index (χ1v) is 43.6. The molecule has 0 unspecified atom stereocenters. The maximum atomic E-state index is 6.70. The van der Waals surface area contributed by atoms with Crippen LogP contribution < -0.4 is 56.8 Å². The number of benzene rings is 6. The van der Waals surface area contributed by atoms with Crippen LogP contribution in [0.5, 0.6) is 69.0 Å². The zero-order valence-corrected chi connectivity index (χ0v) is 70.6. The van der Waals surface area contributed by atoms with E-state index in [9.17, 15) is 0 Å². The van der Waals surface area contributed by atoms with E-state index in [1.807, 2.05) is 6.92 Å². The summed E-state index contributed by atoms with van der Waals surface area (Å²) in [4.78, 5) is 0. The molecule has 12 nitrogen and oxygen atoms in total. The second-order valence-electron chi connectivity index (χ2n) is 20.3. The van der Waals surface area contributed by atoms with Gasteiger partial charge in [0.25, 0.3) is 0 Å². The van der Waals surface area contributed by atoms with Crippen LogP contribution in [0.4, 0.5) is 0 Å². The first kappa shape index (κ1) is 79.7. The number of halogens is 12. The smallest absolute Gasteiger partial charge is 0.123 e. The molecule has 0 aliphatic rings. The Balaban J connectivity index is 1.47. The minimum atomic E-state index is 0.422. The van der Waals surface area contributed by atoms with Gasteiger partial charge in [-0.25, -0.2) is 0 Å². The van der Waals surface area contributed by atoms with E-state index >= 15 is 0 Å². The predicted octanol–water partition coefficient (Wildman–Crippen LogP) is 19.8. The van der Waals surface area contributed by atoms with Gasteiger partial charge in [-0.1, -0.05) is 198 Å². The topological polar surface area (TPSA) is 111 Å². The van der Waals surface area contributed by atoms with E-state index < -0.39 is 0 Å². The molecule has 92 heavy (non-hydrogen) atoms. The van der Waals surface area contributed by atoms with Crippen molar-refractivity contribution >= 4 is 191 Å². The van der Waals surface area contributed by atoms with Gasteiger partial charge in [0.1, 0.15) is 69.0 Å². The molecule has 506 valence electrons. The molecule has 0 fully saturated rings. The summed E-state index contributed by atoms with van der Waals surface area (Å²) in [5.41, 5.74) is 11.4. The van der Waals surface area contributed by atoms with Crippen molar-refractivity contribution in [1.82, 2.24) is 0 Å². The van der Waals surface area contributed by atoms with Crippen LogP contribution in [0.2, 0.25) is 0 Å². The Kier molecular flexibility index (Phi) is 39.3. The summed E-state index contributed by atoms with van der Waals surface area (Å²) >= 11 is 43.2. The maximum Gasteiger partial charge on any atom is 0.123 e. The summed E-state index contributed by atoms with van der Waals surface area (Å²) in [6.45, 7) is 9.74. The molecule has 0 aliphatic carbocycles. The number of rotatable bonds is 47. The summed E-state index contributed by atoms with van der Waals surface area (Å²) in [5.74, 6) is 9.03. The molecule has 0 radical (unpaired) electrons. The second kappa shape index (κ2) is 45.4. The highest BCUT2D eigenvalue weighted by Crippen LogP contribution is 2.43. The summed E-state index contributed by atoms with van der Waals surface area (Å²) in [7, 11) is 0. The molecule has 6 rings (SSSR count). The Labute approximate surface area is 644 Å². The predicted molar refractivity (Wildman–Crippen MR) is 418 cm³/mol. The highest BCUT2D eigenvalue weighted by molar-refractivity contribution is 9.10. The number of hydrogen-bond donors (Lipinski definition) is 0. The molecule has 0 saturated heterocycles. The Morgan fingerprint density at radius 1 is 0.196 bits per heavy atom. The molecule has 6 aromatic carbocycles. The number of ether oxygens (including phenoxy) is 12. The molecule has 0 spiro atoms. The van der Waals surface area contributed by atoms with Crippen LogP contribution in [-0.4, -0.2) is 143 Å². The van der Waals surface area contributed by atoms with Crippen LogP contribution in [0, 0.1) is 6.92 Å². The lowest BCUT2D eigenvalue weighted by atomic mass is 9.93. The van der Waals surface area contributed by atoms with Gasteiger partial charge in [-0.3, -0.25) is 0 Å². The zero-order valence-electron chi connectivity index (χ0n) is 51.6. The van der Waals surface area contributed by atoms with Crippen LogP contribution in [0.15, 0.2) is 72.8 Å². The largest absolute Gasteiger partial charge is 0.492 e. The van der Waals surface area contributed by atoms with E-state index in [-0.39, 0.29) is 0 Å². The van der Waals surface area contributed by atoms with Gasteiger partial charge in [-0.05, 0) is 97.3 Å². The van der Waals surface area contributed by atoms with E-state index in [0.717, 1.165) is 119 Å². The van der Waals surface area contributed by atoms with Crippen molar-refractivity contribution in [3.63, 3.8) is 0 Å². The molecule has 0 aliphatic heterocycles. The van der Waals surface area contributed by atoms with Gasteiger partial charge >= 0.3 is 0 Å². The van der Waals surface area contributed by atoms with Crippen molar-refractivity contribution in [1.29, 1.82) is 0 Å². The maximum absolute atomic E-state index is 6.70.